The number of dihydropyridines is 1. The molecule has 0 fully saturated rings. The third kappa shape index (κ3) is 7.30. The summed E-state index contributed by atoms with van der Waals surface area (Å²) in [5.41, 5.74) is 1.73. The smallest absolute Gasteiger partial charge is 0.336 e. The average molecular weight is 482 g/mol. The van der Waals surface area contributed by atoms with Gasteiger partial charge in [-0.15, -0.1) is 0 Å². The van der Waals surface area contributed by atoms with Crippen molar-refractivity contribution < 1.29 is 33.3 Å². The predicted molar refractivity (Wildman–Crippen MR) is 124 cm³/mol. The molecule has 1 aliphatic rings. The van der Waals surface area contributed by atoms with E-state index in [1.807, 2.05) is 13.8 Å². The van der Waals surface area contributed by atoms with E-state index < -0.39 is 24.1 Å². The maximum absolute atomic E-state index is 13.0. The Morgan fingerprint density at radius 3 is 2.36 bits per heavy atom. The highest BCUT2D eigenvalue weighted by Crippen LogP contribution is 2.40. The highest BCUT2D eigenvalue weighted by atomic mass is 35.5. The molecule has 0 saturated carbocycles. The molecule has 33 heavy (non-hydrogen) atoms. The van der Waals surface area contributed by atoms with Crippen LogP contribution < -0.4 is 5.32 Å². The number of methoxy groups -OCH3 is 1. The van der Waals surface area contributed by atoms with E-state index in [9.17, 15) is 9.59 Å². The fourth-order valence-electron chi connectivity index (χ4n) is 3.51. The van der Waals surface area contributed by atoms with E-state index in [-0.39, 0.29) is 18.8 Å². The van der Waals surface area contributed by atoms with Crippen molar-refractivity contribution in [2.45, 2.75) is 39.4 Å². The van der Waals surface area contributed by atoms with Crippen molar-refractivity contribution in [1.29, 1.82) is 0 Å². The van der Waals surface area contributed by atoms with Gasteiger partial charge < -0.3 is 29.0 Å². The molecule has 0 saturated heterocycles. The number of esters is 2. The normalized spacial score (nSPS) is 15.8. The minimum Gasteiger partial charge on any atom is -0.466 e. The van der Waals surface area contributed by atoms with E-state index in [1.54, 1.807) is 37.4 Å². The van der Waals surface area contributed by atoms with Gasteiger partial charge >= 0.3 is 11.9 Å². The van der Waals surface area contributed by atoms with Crippen molar-refractivity contribution in [2.24, 2.45) is 0 Å². The summed E-state index contributed by atoms with van der Waals surface area (Å²) >= 11 is 6.46. The number of hydrogen-bond donors (Lipinski definition) is 1. The molecule has 0 aliphatic carbocycles. The number of carbonyl (C=O) groups is 2. The Morgan fingerprint density at radius 2 is 1.76 bits per heavy atom. The van der Waals surface area contributed by atoms with Gasteiger partial charge in [0.25, 0.3) is 0 Å². The highest BCUT2D eigenvalue weighted by Gasteiger charge is 2.37. The zero-order chi connectivity index (χ0) is 24.2. The lowest BCUT2D eigenvalue weighted by Crippen LogP contribution is -2.31. The summed E-state index contributed by atoms with van der Waals surface area (Å²) in [5, 5.41) is 3.49. The molecule has 1 aromatic rings. The average Bonchev–Trinajstić information content (AvgIpc) is 2.81. The lowest BCUT2D eigenvalue weighted by atomic mass is 9.81. The van der Waals surface area contributed by atoms with E-state index >= 15 is 0 Å². The number of ether oxygens (including phenoxy) is 5. The van der Waals surface area contributed by atoms with Crippen LogP contribution in [0.4, 0.5) is 0 Å². The first kappa shape index (κ1) is 26.9. The Balaban J connectivity index is 2.34. The highest BCUT2D eigenvalue weighted by molar-refractivity contribution is 6.31. The molecular weight excluding hydrogens is 450 g/mol. The van der Waals surface area contributed by atoms with Gasteiger partial charge in [-0.25, -0.2) is 9.59 Å². The molecule has 1 aliphatic heterocycles. The van der Waals surface area contributed by atoms with Gasteiger partial charge in [-0.05, 0) is 32.4 Å². The van der Waals surface area contributed by atoms with Crippen molar-refractivity contribution in [1.82, 2.24) is 5.32 Å². The van der Waals surface area contributed by atoms with E-state index in [0.717, 1.165) is 0 Å². The van der Waals surface area contributed by atoms with E-state index in [2.05, 4.69) is 5.32 Å². The summed E-state index contributed by atoms with van der Waals surface area (Å²) in [4.78, 5) is 25.6. The second-order valence-electron chi connectivity index (χ2n) is 6.97. The van der Waals surface area contributed by atoms with Gasteiger partial charge in [0.2, 0.25) is 0 Å². The minimum absolute atomic E-state index is 0.184. The Morgan fingerprint density at radius 1 is 1.06 bits per heavy atom. The lowest BCUT2D eigenvalue weighted by molar-refractivity contribution is -0.167. The molecule has 0 bridgehead atoms. The molecule has 2 rings (SSSR count). The monoisotopic (exact) mass is 481 g/mol. The summed E-state index contributed by atoms with van der Waals surface area (Å²) in [6, 6.07) is 7.06. The first-order chi connectivity index (χ1) is 16.0. The van der Waals surface area contributed by atoms with Crippen LogP contribution in [0.3, 0.4) is 0 Å². The summed E-state index contributed by atoms with van der Waals surface area (Å²) in [6.07, 6.45) is 1.45. The van der Waals surface area contributed by atoms with Gasteiger partial charge in [0.1, 0.15) is 0 Å². The SMILES string of the molecule is CCOC(=O)C1=C(CCOCC(OCC)OCC)NC=C(C(=O)OC)C1c1ccccc1Cl. The molecule has 0 radical (unpaired) electrons. The van der Waals surface area contributed by atoms with Crippen LogP contribution in [0.15, 0.2) is 47.3 Å². The molecule has 1 unspecified atom stereocenters. The summed E-state index contributed by atoms with van der Waals surface area (Å²) in [5.74, 6) is -1.86. The van der Waals surface area contributed by atoms with Crippen molar-refractivity contribution in [2.75, 3.05) is 40.1 Å². The molecule has 182 valence electrons. The summed E-state index contributed by atoms with van der Waals surface area (Å²) in [6.45, 7) is 7.23. The molecule has 1 aromatic carbocycles. The van der Waals surface area contributed by atoms with Crippen LogP contribution in [-0.2, 0) is 33.3 Å². The van der Waals surface area contributed by atoms with Crippen LogP contribution in [0.1, 0.15) is 38.7 Å². The number of benzene rings is 1. The molecule has 0 spiro atoms. The van der Waals surface area contributed by atoms with Crippen molar-refractivity contribution in [3.63, 3.8) is 0 Å². The van der Waals surface area contributed by atoms with Gasteiger partial charge in [-0.3, -0.25) is 0 Å². The van der Waals surface area contributed by atoms with Crippen molar-refractivity contribution in [3.8, 4) is 0 Å². The van der Waals surface area contributed by atoms with Crippen LogP contribution in [0.5, 0.6) is 0 Å². The van der Waals surface area contributed by atoms with Crippen LogP contribution in [0, 0.1) is 0 Å². The summed E-state index contributed by atoms with van der Waals surface area (Å²) < 4.78 is 27.0. The topological polar surface area (TPSA) is 92.3 Å². The quantitative estimate of drug-likeness (QED) is 0.259. The minimum atomic E-state index is -0.749. The first-order valence-corrected chi connectivity index (χ1v) is 11.4. The molecule has 1 heterocycles. The van der Waals surface area contributed by atoms with Gasteiger partial charge in [0.15, 0.2) is 6.29 Å². The molecular formula is C24H32ClNO7. The molecule has 1 N–H and O–H groups in total. The molecule has 1 atom stereocenters. The van der Waals surface area contributed by atoms with Gasteiger partial charge in [0.05, 0.1) is 44.0 Å². The molecule has 0 amide bonds. The Bertz CT molecular complexity index is 862. The van der Waals surface area contributed by atoms with Crippen molar-refractivity contribution >= 4 is 23.5 Å². The largest absolute Gasteiger partial charge is 0.466 e. The Kier molecular flexibility index (Phi) is 11.4. The maximum atomic E-state index is 13.0. The van der Waals surface area contributed by atoms with Crippen LogP contribution in [0.25, 0.3) is 0 Å². The van der Waals surface area contributed by atoms with Gasteiger partial charge in [0, 0.05) is 36.6 Å². The number of carbonyl (C=O) groups excluding carboxylic acids is 2. The first-order valence-electron chi connectivity index (χ1n) is 11.0. The maximum Gasteiger partial charge on any atom is 0.336 e. The Hall–Kier alpha value is -2.39. The van der Waals surface area contributed by atoms with Gasteiger partial charge in [-0.2, -0.15) is 0 Å². The molecule has 9 heteroatoms. The fourth-order valence-corrected chi connectivity index (χ4v) is 3.75. The van der Waals surface area contributed by atoms with E-state index in [1.165, 1.54) is 7.11 Å². The third-order valence-corrected chi connectivity index (χ3v) is 5.26. The summed E-state index contributed by atoms with van der Waals surface area (Å²) in [7, 11) is 1.29. The molecule has 8 nitrogen and oxygen atoms in total. The zero-order valence-corrected chi connectivity index (χ0v) is 20.3. The van der Waals surface area contributed by atoms with Crippen molar-refractivity contribution in [3.05, 3.63) is 57.9 Å². The van der Waals surface area contributed by atoms with E-state index in [0.29, 0.717) is 48.1 Å². The van der Waals surface area contributed by atoms with Gasteiger partial charge in [-0.1, -0.05) is 29.8 Å². The second-order valence-corrected chi connectivity index (χ2v) is 7.38. The third-order valence-electron chi connectivity index (χ3n) is 4.91. The van der Waals surface area contributed by atoms with E-state index in [4.69, 9.17) is 35.3 Å². The zero-order valence-electron chi connectivity index (χ0n) is 19.5. The number of rotatable bonds is 13. The predicted octanol–water partition coefficient (Wildman–Crippen LogP) is 3.71. The number of halogens is 1. The van der Waals surface area contributed by atoms with Crippen LogP contribution in [0.2, 0.25) is 5.02 Å². The lowest BCUT2D eigenvalue weighted by Gasteiger charge is -2.29. The Labute approximate surface area is 199 Å². The number of hydrogen-bond acceptors (Lipinski definition) is 8. The van der Waals surface area contributed by atoms with Crippen LogP contribution >= 0.6 is 11.6 Å². The van der Waals surface area contributed by atoms with Crippen LogP contribution in [-0.4, -0.2) is 58.4 Å². The number of nitrogens with one attached hydrogen (secondary N) is 1. The standard InChI is InChI=1S/C24H32ClNO7/c1-5-31-20(32-6-2)15-30-13-12-19-22(24(28)33-7-3)21(16-10-8-9-11-18(16)25)17(14-26-19)23(27)29-4/h8-11,14,20-21,26H,5-7,12-13,15H2,1-4H3. The molecule has 0 aromatic heterocycles. The second kappa shape index (κ2) is 14.0. The fraction of sp³-hybridized carbons (Fsp3) is 0.500.